The molecule has 0 amide bonds. The molecule has 2 heterocycles. The van der Waals surface area contributed by atoms with Gasteiger partial charge in [-0.15, -0.1) is 0 Å². The molecule has 3 nitrogen and oxygen atoms in total. The van der Waals surface area contributed by atoms with Gasteiger partial charge in [0.1, 0.15) is 24.4 Å². The van der Waals surface area contributed by atoms with Crippen LogP contribution in [0.4, 0.5) is 0 Å². The van der Waals surface area contributed by atoms with E-state index in [1.165, 1.54) is 0 Å². The van der Waals surface area contributed by atoms with Gasteiger partial charge in [0, 0.05) is 0 Å². The summed E-state index contributed by atoms with van der Waals surface area (Å²) in [5.74, 6) is 0.0627. The third-order valence-corrected chi connectivity index (χ3v) is 3.80. The zero-order valence-electron chi connectivity index (χ0n) is 10.8. The predicted molar refractivity (Wildman–Crippen MR) is 73.1 cm³/mol. The minimum absolute atomic E-state index is 0.0627. The van der Waals surface area contributed by atoms with Crippen molar-refractivity contribution in [3.63, 3.8) is 0 Å². The van der Waals surface area contributed by atoms with E-state index in [1.807, 2.05) is 60.7 Å². The summed E-state index contributed by atoms with van der Waals surface area (Å²) in [6, 6.07) is 19.7. The van der Waals surface area contributed by atoms with Crippen molar-refractivity contribution in [1.82, 2.24) is 0 Å². The van der Waals surface area contributed by atoms with Gasteiger partial charge in [0.25, 0.3) is 0 Å². The summed E-state index contributed by atoms with van der Waals surface area (Å²) >= 11 is 0. The standard InChI is InChI=1S/C17H14O3/c18-13(16-14(19-16)11-7-3-1-4-8-11)17-15(20-17)12-9-5-2-6-10-12/h1-10,14-17H/t14-,15?,16-,17+/m1/s1. The lowest BCUT2D eigenvalue weighted by Crippen LogP contribution is -2.15. The van der Waals surface area contributed by atoms with E-state index in [2.05, 4.69) is 0 Å². The number of hydrogen-bond donors (Lipinski definition) is 0. The molecule has 0 aliphatic carbocycles. The minimum atomic E-state index is -0.337. The van der Waals surface area contributed by atoms with E-state index in [0.29, 0.717) is 0 Å². The summed E-state index contributed by atoms with van der Waals surface area (Å²) in [7, 11) is 0. The second kappa shape index (κ2) is 4.54. The maximum absolute atomic E-state index is 12.3. The number of epoxide rings is 2. The second-order valence-corrected chi connectivity index (χ2v) is 5.18. The van der Waals surface area contributed by atoms with Gasteiger partial charge in [-0.3, -0.25) is 4.79 Å². The fourth-order valence-corrected chi connectivity index (χ4v) is 2.61. The first kappa shape index (κ1) is 11.8. The molecule has 0 bridgehead atoms. The monoisotopic (exact) mass is 266 g/mol. The fraction of sp³-hybridized carbons (Fsp3) is 0.235. The molecule has 2 aliphatic heterocycles. The first-order valence-electron chi connectivity index (χ1n) is 6.79. The molecule has 0 spiro atoms. The zero-order valence-corrected chi connectivity index (χ0v) is 10.8. The average Bonchev–Trinajstić information content (AvgIpc) is 3.40. The molecule has 0 aromatic heterocycles. The molecule has 3 heteroatoms. The number of benzene rings is 2. The molecule has 2 aromatic rings. The largest absolute Gasteiger partial charge is 0.356 e. The third kappa shape index (κ3) is 2.05. The van der Waals surface area contributed by atoms with Crippen molar-refractivity contribution in [2.75, 3.05) is 0 Å². The summed E-state index contributed by atoms with van der Waals surface area (Å²) < 4.78 is 11.0. The van der Waals surface area contributed by atoms with E-state index in [-0.39, 0.29) is 30.2 Å². The average molecular weight is 266 g/mol. The van der Waals surface area contributed by atoms with Crippen LogP contribution in [0.2, 0.25) is 0 Å². The fourth-order valence-electron chi connectivity index (χ4n) is 2.61. The summed E-state index contributed by atoms with van der Waals surface area (Å²) in [5, 5.41) is 0. The lowest BCUT2D eigenvalue weighted by atomic mass is 10.0. The van der Waals surface area contributed by atoms with Crippen molar-refractivity contribution in [3.05, 3.63) is 71.8 Å². The molecule has 1 unspecified atom stereocenters. The predicted octanol–water partition coefficient (Wildman–Crippen LogP) is 2.84. The highest BCUT2D eigenvalue weighted by atomic mass is 16.6. The van der Waals surface area contributed by atoms with Crippen LogP contribution in [-0.4, -0.2) is 18.0 Å². The molecular formula is C17H14O3. The highest BCUT2D eigenvalue weighted by molar-refractivity contribution is 5.92. The second-order valence-electron chi connectivity index (χ2n) is 5.18. The normalized spacial score (nSPS) is 30.8. The summed E-state index contributed by atoms with van der Waals surface area (Å²) in [6.45, 7) is 0. The van der Waals surface area contributed by atoms with Gasteiger partial charge in [0.15, 0.2) is 5.78 Å². The molecule has 4 atom stereocenters. The number of hydrogen-bond acceptors (Lipinski definition) is 3. The van der Waals surface area contributed by atoms with Crippen molar-refractivity contribution in [1.29, 1.82) is 0 Å². The number of carbonyl (C=O) groups excluding carboxylic acids is 1. The van der Waals surface area contributed by atoms with Crippen LogP contribution in [0, 0.1) is 0 Å². The van der Waals surface area contributed by atoms with Gasteiger partial charge in [-0.1, -0.05) is 60.7 Å². The van der Waals surface area contributed by atoms with Crippen LogP contribution in [0.15, 0.2) is 60.7 Å². The van der Waals surface area contributed by atoms with E-state index in [9.17, 15) is 4.79 Å². The highest BCUT2D eigenvalue weighted by Gasteiger charge is 2.56. The molecule has 0 saturated carbocycles. The van der Waals surface area contributed by atoms with E-state index >= 15 is 0 Å². The van der Waals surface area contributed by atoms with Gasteiger partial charge in [0.2, 0.25) is 0 Å². The Bertz CT molecular complexity index is 568. The Morgan fingerprint density at radius 1 is 0.700 bits per heavy atom. The lowest BCUT2D eigenvalue weighted by Gasteiger charge is -1.95. The van der Waals surface area contributed by atoms with Crippen molar-refractivity contribution in [2.24, 2.45) is 0 Å². The van der Waals surface area contributed by atoms with Gasteiger partial charge in [-0.2, -0.15) is 0 Å². The minimum Gasteiger partial charge on any atom is -0.356 e. The Hall–Kier alpha value is -1.97. The zero-order chi connectivity index (χ0) is 13.5. The van der Waals surface area contributed by atoms with E-state index in [0.717, 1.165) is 11.1 Å². The molecule has 4 rings (SSSR count). The highest BCUT2D eigenvalue weighted by Crippen LogP contribution is 2.46. The number of rotatable bonds is 4. The number of Topliss-reactive ketones (excluding diaryl/α,β-unsaturated/α-hetero) is 1. The number of ether oxygens (including phenoxy) is 2. The number of ketones is 1. The third-order valence-electron chi connectivity index (χ3n) is 3.80. The van der Waals surface area contributed by atoms with Crippen LogP contribution >= 0.6 is 0 Å². The number of carbonyl (C=O) groups is 1. The van der Waals surface area contributed by atoms with Crippen molar-refractivity contribution in [2.45, 2.75) is 24.4 Å². The quantitative estimate of drug-likeness (QED) is 0.799. The van der Waals surface area contributed by atoms with Crippen molar-refractivity contribution < 1.29 is 14.3 Å². The molecule has 100 valence electrons. The molecule has 2 saturated heterocycles. The van der Waals surface area contributed by atoms with Crippen LogP contribution in [0.3, 0.4) is 0 Å². The molecule has 20 heavy (non-hydrogen) atoms. The van der Waals surface area contributed by atoms with E-state index in [1.54, 1.807) is 0 Å². The van der Waals surface area contributed by atoms with Gasteiger partial charge in [0.05, 0.1) is 0 Å². The summed E-state index contributed by atoms with van der Waals surface area (Å²) in [5.41, 5.74) is 2.12. The Morgan fingerprint density at radius 2 is 1.10 bits per heavy atom. The van der Waals surface area contributed by atoms with Gasteiger partial charge in [-0.25, -0.2) is 0 Å². The molecule has 2 fully saturated rings. The van der Waals surface area contributed by atoms with Crippen molar-refractivity contribution >= 4 is 5.78 Å². The van der Waals surface area contributed by atoms with Crippen LogP contribution in [0.5, 0.6) is 0 Å². The molecular weight excluding hydrogens is 252 g/mol. The van der Waals surface area contributed by atoms with E-state index < -0.39 is 0 Å². The Kier molecular flexibility index (Phi) is 2.69. The van der Waals surface area contributed by atoms with Crippen LogP contribution < -0.4 is 0 Å². The first-order valence-corrected chi connectivity index (χ1v) is 6.79. The first-order chi connectivity index (χ1) is 9.84. The molecule has 2 aliphatic rings. The maximum Gasteiger partial charge on any atom is 0.196 e. The smallest absolute Gasteiger partial charge is 0.196 e. The topological polar surface area (TPSA) is 42.1 Å². The van der Waals surface area contributed by atoms with Gasteiger partial charge >= 0.3 is 0 Å². The van der Waals surface area contributed by atoms with Crippen molar-refractivity contribution in [3.8, 4) is 0 Å². The Labute approximate surface area is 117 Å². The van der Waals surface area contributed by atoms with Crippen LogP contribution in [0.1, 0.15) is 23.3 Å². The maximum atomic E-state index is 12.3. The van der Waals surface area contributed by atoms with E-state index in [4.69, 9.17) is 9.47 Å². The lowest BCUT2D eigenvalue weighted by molar-refractivity contribution is -0.121. The molecule has 0 radical (unpaired) electrons. The van der Waals surface area contributed by atoms with Crippen LogP contribution in [-0.2, 0) is 14.3 Å². The van der Waals surface area contributed by atoms with Gasteiger partial charge in [-0.05, 0) is 11.1 Å². The Morgan fingerprint density at radius 3 is 1.50 bits per heavy atom. The van der Waals surface area contributed by atoms with Crippen LogP contribution in [0.25, 0.3) is 0 Å². The molecule has 2 aromatic carbocycles. The molecule has 0 N–H and O–H groups in total. The van der Waals surface area contributed by atoms with Gasteiger partial charge < -0.3 is 9.47 Å². The SMILES string of the molecule is O=C([C@H]1O[C@@H]1c1ccccc1)[C@@H]1OC1c1ccccc1. The summed E-state index contributed by atoms with van der Waals surface area (Å²) in [4.78, 5) is 12.3. The summed E-state index contributed by atoms with van der Waals surface area (Å²) in [6.07, 6.45) is -0.860. The Balaban J connectivity index is 1.42.